The second kappa shape index (κ2) is 19.3. The van der Waals surface area contributed by atoms with Gasteiger partial charge in [0.15, 0.2) is 17.5 Å². The maximum absolute atomic E-state index is 15.7. The third-order valence-corrected chi connectivity index (χ3v) is 14.3. The van der Waals surface area contributed by atoms with Crippen molar-refractivity contribution in [3.05, 3.63) is 119 Å². The Labute approximate surface area is 397 Å². The molecule has 1 aliphatic heterocycles. The van der Waals surface area contributed by atoms with Crippen molar-refractivity contribution in [3.63, 3.8) is 0 Å². The summed E-state index contributed by atoms with van der Waals surface area (Å²) in [5, 5.41) is 38.2. The standard InChI is InChI=1S/C51H55NO17/c1-27-33(66-47(62)41(67-37(58)23-22-36(56)57)39(30-16-10-7-11-17-30)52-45(60)31-18-12-8-13-19-31)25-51(63)44(68-46(61)32-20-14-9-15-21-32)42-49(6,34(55)24-35-50(42,26-64-35)69-29(3)54)43(59)40(65-28(2)53)38(27)48(51,4)5/h7-21,33-35,39-42,44,55,63H,22-26H2,1-6H3,(H,52,60)(H,56,57)/t33-,34-,35+,39+,40+,41+,42-,44-,49+,50-,51+/m0/s1. The van der Waals surface area contributed by atoms with Crippen LogP contribution in [0, 0.1) is 16.7 Å². The number of hydrogen-bond acceptors (Lipinski definition) is 16. The van der Waals surface area contributed by atoms with Crippen LogP contribution in [0.4, 0.5) is 0 Å². The van der Waals surface area contributed by atoms with Crippen molar-refractivity contribution in [1.82, 2.24) is 5.32 Å². The number of aliphatic hydroxyl groups is 2. The van der Waals surface area contributed by atoms with Crippen molar-refractivity contribution in [1.29, 1.82) is 0 Å². The number of benzene rings is 3. The molecule has 3 aromatic carbocycles. The molecule has 0 radical (unpaired) electrons. The van der Waals surface area contributed by atoms with E-state index in [-0.39, 0.29) is 40.9 Å². The monoisotopic (exact) mass is 953 g/mol. The van der Waals surface area contributed by atoms with Crippen LogP contribution in [0.3, 0.4) is 0 Å². The molecule has 7 rings (SSSR count). The molecular formula is C51H55NO17. The van der Waals surface area contributed by atoms with Crippen LogP contribution in [0.1, 0.15) is 99.5 Å². The average Bonchev–Trinajstić information content (AvgIpc) is 3.30. The summed E-state index contributed by atoms with van der Waals surface area (Å²) in [4.78, 5) is 110. The molecular weight excluding hydrogens is 899 g/mol. The molecule has 4 aliphatic rings. The number of esters is 5. The van der Waals surface area contributed by atoms with Crippen molar-refractivity contribution in [3.8, 4) is 0 Å². The molecule has 0 unspecified atom stereocenters. The molecule has 4 N–H and O–H groups in total. The number of Topliss-reactive ketones (excluding diaryl/α,β-unsaturated/α-hetero) is 1. The summed E-state index contributed by atoms with van der Waals surface area (Å²) < 4.78 is 36.3. The lowest BCUT2D eigenvalue weighted by Crippen LogP contribution is -2.82. The summed E-state index contributed by atoms with van der Waals surface area (Å²) in [6.07, 6.45) is -12.5. The quantitative estimate of drug-likeness (QED) is 0.100. The van der Waals surface area contributed by atoms with Crippen LogP contribution in [0.5, 0.6) is 0 Å². The fourth-order valence-corrected chi connectivity index (χ4v) is 10.7. The van der Waals surface area contributed by atoms with E-state index in [4.69, 9.17) is 28.4 Å². The number of carbonyl (C=O) groups excluding carboxylic acids is 7. The lowest BCUT2D eigenvalue weighted by Gasteiger charge is -2.67. The van der Waals surface area contributed by atoms with Gasteiger partial charge in [0.25, 0.3) is 5.91 Å². The van der Waals surface area contributed by atoms with E-state index in [1.165, 1.54) is 52.0 Å². The van der Waals surface area contributed by atoms with Gasteiger partial charge in [0.1, 0.15) is 30.0 Å². The van der Waals surface area contributed by atoms with Gasteiger partial charge in [-0.3, -0.25) is 28.8 Å². The van der Waals surface area contributed by atoms with E-state index in [0.29, 0.717) is 0 Å². The van der Waals surface area contributed by atoms with Crippen LogP contribution in [0.25, 0.3) is 0 Å². The number of hydrogen-bond donors (Lipinski definition) is 4. The van der Waals surface area contributed by atoms with E-state index in [1.807, 2.05) is 0 Å². The third kappa shape index (κ3) is 9.15. The first-order valence-corrected chi connectivity index (χ1v) is 22.5. The minimum atomic E-state index is -2.50. The smallest absolute Gasteiger partial charge is 0.350 e. The molecule has 3 fully saturated rings. The molecule has 2 bridgehead atoms. The Morgan fingerprint density at radius 1 is 0.812 bits per heavy atom. The van der Waals surface area contributed by atoms with E-state index in [9.17, 15) is 44.1 Å². The van der Waals surface area contributed by atoms with Crippen molar-refractivity contribution >= 4 is 47.5 Å². The third-order valence-electron chi connectivity index (χ3n) is 14.3. The van der Waals surface area contributed by atoms with Crippen LogP contribution in [-0.2, 0) is 57.2 Å². The Balaban J connectivity index is 1.42. The van der Waals surface area contributed by atoms with Gasteiger partial charge in [-0.2, -0.15) is 0 Å². The minimum Gasteiger partial charge on any atom is -0.481 e. The van der Waals surface area contributed by atoms with Crippen molar-refractivity contribution in [2.75, 3.05) is 6.61 Å². The topological polar surface area (TPSA) is 265 Å². The maximum Gasteiger partial charge on any atom is 0.350 e. The van der Waals surface area contributed by atoms with E-state index in [0.717, 1.165) is 13.8 Å². The first-order valence-electron chi connectivity index (χ1n) is 22.5. The maximum atomic E-state index is 15.7. The number of carboxylic acids is 1. The zero-order valence-electron chi connectivity index (χ0n) is 38.9. The summed E-state index contributed by atoms with van der Waals surface area (Å²) in [5.74, 6) is -9.78. The molecule has 1 amide bonds. The highest BCUT2D eigenvalue weighted by atomic mass is 16.6. The summed E-state index contributed by atoms with van der Waals surface area (Å²) in [5.41, 5.74) is -7.77. The van der Waals surface area contributed by atoms with E-state index in [2.05, 4.69) is 5.32 Å². The van der Waals surface area contributed by atoms with Crippen LogP contribution in [0.2, 0.25) is 0 Å². The number of rotatable bonds is 14. The predicted molar refractivity (Wildman–Crippen MR) is 238 cm³/mol. The van der Waals surface area contributed by atoms with E-state index >= 15 is 9.59 Å². The fourth-order valence-electron chi connectivity index (χ4n) is 10.7. The lowest BCUT2D eigenvalue weighted by molar-refractivity contribution is -0.346. The van der Waals surface area contributed by atoms with Crippen LogP contribution in [0.15, 0.2) is 102 Å². The van der Waals surface area contributed by atoms with Gasteiger partial charge in [0.2, 0.25) is 6.10 Å². The van der Waals surface area contributed by atoms with Crippen molar-refractivity contribution in [2.24, 2.45) is 16.7 Å². The van der Waals surface area contributed by atoms with Gasteiger partial charge >= 0.3 is 35.8 Å². The Morgan fingerprint density at radius 3 is 1.96 bits per heavy atom. The highest BCUT2D eigenvalue weighted by Gasteiger charge is 2.78. The zero-order valence-corrected chi connectivity index (χ0v) is 38.9. The largest absolute Gasteiger partial charge is 0.481 e. The highest BCUT2D eigenvalue weighted by Crippen LogP contribution is 2.64. The second-order valence-electron chi connectivity index (χ2n) is 18.7. The molecule has 18 nitrogen and oxygen atoms in total. The van der Waals surface area contributed by atoms with E-state index < -0.39 is 137 Å². The van der Waals surface area contributed by atoms with Crippen LogP contribution < -0.4 is 5.32 Å². The van der Waals surface area contributed by atoms with Crippen molar-refractivity contribution in [2.45, 2.75) is 121 Å². The molecule has 366 valence electrons. The number of ether oxygens (including phenoxy) is 6. The molecule has 3 aliphatic carbocycles. The molecule has 0 aromatic heterocycles. The Morgan fingerprint density at radius 2 is 1.41 bits per heavy atom. The van der Waals surface area contributed by atoms with E-state index in [1.54, 1.807) is 66.7 Å². The Bertz CT molecular complexity index is 2550. The molecule has 1 saturated heterocycles. The molecule has 18 heteroatoms. The van der Waals surface area contributed by atoms with Gasteiger partial charge in [0, 0.05) is 37.7 Å². The first kappa shape index (κ1) is 50.1. The number of ketones is 1. The molecule has 2 saturated carbocycles. The molecule has 3 aromatic rings. The molecule has 11 atom stereocenters. The van der Waals surface area contributed by atoms with Gasteiger partial charge in [-0.15, -0.1) is 0 Å². The Kier molecular flexibility index (Phi) is 14.0. The van der Waals surface area contributed by atoms with Gasteiger partial charge < -0.3 is 49.1 Å². The summed E-state index contributed by atoms with van der Waals surface area (Å²) >= 11 is 0. The SMILES string of the molecule is CC(=O)O[C@H]1C(=O)[C@@]2(C)[C@H]([C@H](OC(=O)c3ccccc3)[C@]3(O)C[C@H](OC(=O)[C@H](OC(=O)CCC(=O)O)[C@H](NC(=O)c4ccccc4)c4ccccc4)C(C)=C1C3(C)C)[C@]1(OC(C)=O)CO[C@@H]1C[C@@H]2O. The number of carboxylic acid groups (broad SMARTS) is 1. The molecule has 69 heavy (non-hydrogen) atoms. The van der Waals surface area contributed by atoms with Crippen LogP contribution in [-0.4, -0.2) is 117 Å². The number of fused-ring (bicyclic) bond motifs is 5. The predicted octanol–water partition coefficient (Wildman–Crippen LogP) is 4.15. The van der Waals surface area contributed by atoms with Gasteiger partial charge in [-0.1, -0.05) is 80.6 Å². The number of amides is 1. The summed E-state index contributed by atoms with van der Waals surface area (Å²) in [6, 6.07) is 22.1. The number of carbonyl (C=O) groups is 8. The fraction of sp³-hybridized carbons (Fsp3) is 0.451. The zero-order chi connectivity index (χ0) is 50.2. The van der Waals surface area contributed by atoms with Crippen LogP contribution >= 0.6 is 0 Å². The summed E-state index contributed by atoms with van der Waals surface area (Å²) in [6.45, 7) is 7.68. The van der Waals surface area contributed by atoms with Gasteiger partial charge in [0.05, 0.1) is 42.4 Å². The number of aliphatic carboxylic acids is 1. The first-order chi connectivity index (χ1) is 32.6. The lowest BCUT2D eigenvalue weighted by atomic mass is 9.44. The Hall–Kier alpha value is -6.76. The second-order valence-corrected chi connectivity index (χ2v) is 18.7. The number of nitrogens with one attached hydrogen (secondary N) is 1. The normalized spacial score (nSPS) is 29.7. The van der Waals surface area contributed by atoms with Gasteiger partial charge in [-0.05, 0) is 54.8 Å². The van der Waals surface area contributed by atoms with Crippen molar-refractivity contribution < 1.29 is 82.1 Å². The highest BCUT2D eigenvalue weighted by molar-refractivity contribution is 5.96. The number of aliphatic hydroxyl groups excluding tert-OH is 1. The minimum absolute atomic E-state index is 0.0221. The summed E-state index contributed by atoms with van der Waals surface area (Å²) in [7, 11) is 0. The average molecular weight is 954 g/mol. The molecule has 1 heterocycles. The molecule has 0 spiro atoms. The van der Waals surface area contributed by atoms with Gasteiger partial charge in [-0.25, -0.2) is 9.59 Å².